The zero-order valence-electron chi connectivity index (χ0n) is 11.0. The Labute approximate surface area is 112 Å². The molecule has 0 radical (unpaired) electrons. The van der Waals surface area contributed by atoms with E-state index in [1.54, 1.807) is 19.5 Å². The molecule has 5 nitrogen and oxygen atoms in total. The van der Waals surface area contributed by atoms with Crippen LogP contribution in [0.5, 0.6) is 5.75 Å². The van der Waals surface area contributed by atoms with Crippen LogP contribution >= 0.6 is 0 Å². The molecule has 2 N–H and O–H groups in total. The van der Waals surface area contributed by atoms with E-state index < -0.39 is 0 Å². The van der Waals surface area contributed by atoms with Crippen LogP contribution in [0.1, 0.15) is 0 Å². The zero-order valence-corrected chi connectivity index (χ0v) is 11.0. The summed E-state index contributed by atoms with van der Waals surface area (Å²) in [6, 6.07) is 5.57. The number of nitrogens with two attached hydrogens (primary N) is 1. The fourth-order valence-electron chi connectivity index (χ4n) is 1.77. The number of nitrogen functional groups attached to an aromatic ring is 1. The van der Waals surface area contributed by atoms with Crippen LogP contribution in [0.2, 0.25) is 0 Å². The largest absolute Gasteiger partial charge is 0.490 e. The summed E-state index contributed by atoms with van der Waals surface area (Å²) >= 11 is 0. The number of methoxy groups -OCH3 is 1. The molecule has 0 aliphatic heterocycles. The summed E-state index contributed by atoms with van der Waals surface area (Å²) in [7, 11) is 1.65. The van der Waals surface area contributed by atoms with Crippen molar-refractivity contribution < 1.29 is 14.2 Å². The number of benzene rings is 1. The third-order valence-electron chi connectivity index (χ3n) is 2.73. The summed E-state index contributed by atoms with van der Waals surface area (Å²) in [5.74, 6) is 0.771. The van der Waals surface area contributed by atoms with Crippen molar-refractivity contribution in [2.75, 3.05) is 39.3 Å². The van der Waals surface area contributed by atoms with Gasteiger partial charge in [-0.05, 0) is 18.2 Å². The monoisotopic (exact) mass is 262 g/mol. The molecule has 2 aromatic rings. The Morgan fingerprint density at radius 3 is 2.74 bits per heavy atom. The summed E-state index contributed by atoms with van der Waals surface area (Å²) in [5, 5.41) is 1.87. The van der Waals surface area contributed by atoms with Gasteiger partial charge in [-0.15, -0.1) is 0 Å². The van der Waals surface area contributed by atoms with Gasteiger partial charge in [-0.2, -0.15) is 0 Å². The molecule has 1 heterocycles. The molecule has 102 valence electrons. The lowest BCUT2D eigenvalue weighted by atomic mass is 10.1. The standard InChI is InChI=1S/C14H18N2O3/c1-17-6-7-18-8-9-19-14-3-2-13(15)11-4-5-16-10-12(11)14/h2-5,10H,6-9,15H2,1H3. The molecule has 2 rings (SSSR count). The third-order valence-corrected chi connectivity index (χ3v) is 2.73. The Bertz CT molecular complexity index is 531. The number of ether oxygens (including phenoxy) is 3. The highest BCUT2D eigenvalue weighted by Crippen LogP contribution is 2.28. The van der Waals surface area contributed by atoms with E-state index in [1.807, 2.05) is 18.2 Å². The number of fused-ring (bicyclic) bond motifs is 1. The zero-order chi connectivity index (χ0) is 13.5. The first-order valence-electron chi connectivity index (χ1n) is 6.14. The van der Waals surface area contributed by atoms with E-state index in [1.165, 1.54) is 0 Å². The summed E-state index contributed by atoms with van der Waals surface area (Å²) in [4.78, 5) is 4.10. The number of hydrogen-bond acceptors (Lipinski definition) is 5. The topological polar surface area (TPSA) is 66.6 Å². The molecule has 0 bridgehead atoms. The lowest BCUT2D eigenvalue weighted by Crippen LogP contribution is -2.10. The van der Waals surface area contributed by atoms with E-state index >= 15 is 0 Å². The molecular weight excluding hydrogens is 244 g/mol. The fourth-order valence-corrected chi connectivity index (χ4v) is 1.77. The molecular formula is C14H18N2O3. The van der Waals surface area contributed by atoms with Crippen LogP contribution in [0.15, 0.2) is 30.6 Å². The number of hydrogen-bond donors (Lipinski definition) is 1. The van der Waals surface area contributed by atoms with Gasteiger partial charge in [-0.25, -0.2) is 0 Å². The van der Waals surface area contributed by atoms with Crippen molar-refractivity contribution in [1.82, 2.24) is 4.98 Å². The minimum absolute atomic E-state index is 0.484. The molecule has 0 aliphatic rings. The van der Waals surface area contributed by atoms with E-state index in [2.05, 4.69) is 4.98 Å². The van der Waals surface area contributed by atoms with Gasteiger partial charge >= 0.3 is 0 Å². The van der Waals surface area contributed by atoms with Crippen molar-refractivity contribution in [3.8, 4) is 5.75 Å². The van der Waals surface area contributed by atoms with Crippen molar-refractivity contribution in [2.45, 2.75) is 0 Å². The minimum Gasteiger partial charge on any atom is -0.490 e. The van der Waals surface area contributed by atoms with Crippen LogP contribution in [0.4, 0.5) is 5.69 Å². The number of anilines is 1. The van der Waals surface area contributed by atoms with Gasteiger partial charge in [0, 0.05) is 36.0 Å². The summed E-state index contributed by atoms with van der Waals surface area (Å²) in [6.45, 7) is 2.17. The Hall–Kier alpha value is -1.85. The fraction of sp³-hybridized carbons (Fsp3) is 0.357. The highest BCUT2D eigenvalue weighted by molar-refractivity contribution is 5.96. The SMILES string of the molecule is COCCOCCOc1ccc(N)c2ccncc12. The van der Waals surface area contributed by atoms with Crippen molar-refractivity contribution in [3.05, 3.63) is 30.6 Å². The van der Waals surface area contributed by atoms with Crippen molar-refractivity contribution in [1.29, 1.82) is 0 Å². The number of pyridine rings is 1. The van der Waals surface area contributed by atoms with Crippen molar-refractivity contribution in [3.63, 3.8) is 0 Å². The lowest BCUT2D eigenvalue weighted by Gasteiger charge is -2.10. The third kappa shape index (κ3) is 3.56. The number of rotatable bonds is 7. The second-order valence-electron chi connectivity index (χ2n) is 4.03. The van der Waals surface area contributed by atoms with Crippen LogP contribution < -0.4 is 10.5 Å². The van der Waals surface area contributed by atoms with Crippen LogP contribution in [0.3, 0.4) is 0 Å². The molecule has 0 atom stereocenters. The van der Waals surface area contributed by atoms with Crippen LogP contribution in [0, 0.1) is 0 Å². The van der Waals surface area contributed by atoms with Crippen LogP contribution in [-0.4, -0.2) is 38.5 Å². The smallest absolute Gasteiger partial charge is 0.128 e. The predicted octanol–water partition coefficient (Wildman–Crippen LogP) is 1.86. The normalized spacial score (nSPS) is 10.8. The molecule has 1 aromatic heterocycles. The predicted molar refractivity (Wildman–Crippen MR) is 74.3 cm³/mol. The van der Waals surface area contributed by atoms with E-state index in [9.17, 15) is 0 Å². The van der Waals surface area contributed by atoms with Crippen molar-refractivity contribution in [2.24, 2.45) is 0 Å². The first-order valence-corrected chi connectivity index (χ1v) is 6.14. The highest BCUT2D eigenvalue weighted by atomic mass is 16.5. The molecule has 0 saturated carbocycles. The van der Waals surface area contributed by atoms with Crippen molar-refractivity contribution >= 4 is 16.5 Å². The second-order valence-corrected chi connectivity index (χ2v) is 4.03. The average Bonchev–Trinajstić information content (AvgIpc) is 2.45. The molecule has 0 saturated heterocycles. The molecule has 0 amide bonds. The van der Waals surface area contributed by atoms with E-state index in [4.69, 9.17) is 19.9 Å². The highest BCUT2D eigenvalue weighted by Gasteiger charge is 2.04. The molecule has 0 unspecified atom stereocenters. The average molecular weight is 262 g/mol. The molecule has 5 heteroatoms. The second kappa shape index (κ2) is 6.92. The number of aromatic nitrogens is 1. The molecule has 0 fully saturated rings. The molecule has 0 spiro atoms. The van der Waals surface area contributed by atoms with E-state index in [-0.39, 0.29) is 0 Å². The van der Waals surface area contributed by atoms with E-state index in [0.717, 1.165) is 22.2 Å². The summed E-state index contributed by atoms with van der Waals surface area (Å²) in [6.07, 6.45) is 3.48. The maximum atomic E-state index is 5.91. The molecule has 1 aromatic carbocycles. The number of nitrogens with zero attached hydrogens (tertiary/aromatic N) is 1. The van der Waals surface area contributed by atoms with Gasteiger partial charge in [-0.3, -0.25) is 4.98 Å². The van der Waals surface area contributed by atoms with Gasteiger partial charge in [0.05, 0.1) is 19.8 Å². The minimum atomic E-state index is 0.484. The van der Waals surface area contributed by atoms with Crippen LogP contribution in [0.25, 0.3) is 10.8 Å². The van der Waals surface area contributed by atoms with Gasteiger partial charge in [0.25, 0.3) is 0 Å². The maximum Gasteiger partial charge on any atom is 0.128 e. The summed E-state index contributed by atoms with van der Waals surface area (Å²) in [5.41, 5.74) is 6.64. The maximum absolute atomic E-state index is 5.91. The van der Waals surface area contributed by atoms with E-state index in [0.29, 0.717) is 26.4 Å². The van der Waals surface area contributed by atoms with Gasteiger partial charge in [0.2, 0.25) is 0 Å². The Morgan fingerprint density at radius 1 is 1.05 bits per heavy atom. The van der Waals surface area contributed by atoms with Gasteiger partial charge < -0.3 is 19.9 Å². The van der Waals surface area contributed by atoms with Crippen LogP contribution in [-0.2, 0) is 9.47 Å². The lowest BCUT2D eigenvalue weighted by molar-refractivity contribution is 0.0547. The van der Waals surface area contributed by atoms with Gasteiger partial charge in [0.15, 0.2) is 0 Å². The Kier molecular flexibility index (Phi) is 4.94. The molecule has 19 heavy (non-hydrogen) atoms. The van der Waals surface area contributed by atoms with Gasteiger partial charge in [0.1, 0.15) is 12.4 Å². The quantitative estimate of drug-likeness (QED) is 0.609. The first kappa shape index (κ1) is 13.6. The molecule has 0 aliphatic carbocycles. The Morgan fingerprint density at radius 2 is 1.89 bits per heavy atom. The summed E-state index contributed by atoms with van der Waals surface area (Å²) < 4.78 is 15.9. The van der Waals surface area contributed by atoms with Gasteiger partial charge in [-0.1, -0.05) is 0 Å². The Balaban J connectivity index is 1.96. The first-order chi connectivity index (χ1) is 9.33.